The van der Waals surface area contributed by atoms with Crippen molar-refractivity contribution in [2.75, 3.05) is 32.1 Å². The summed E-state index contributed by atoms with van der Waals surface area (Å²) >= 11 is 0. The number of nitrogens with zero attached hydrogens (tertiary/aromatic N) is 1. The van der Waals surface area contributed by atoms with Crippen molar-refractivity contribution >= 4 is 23.3 Å². The number of carbonyl (C=O) groups is 3. The van der Waals surface area contributed by atoms with Crippen LogP contribution in [-0.2, 0) is 14.3 Å². The number of carbonyl (C=O) groups excluding carboxylic acids is 3. The summed E-state index contributed by atoms with van der Waals surface area (Å²) in [4.78, 5) is 38.1. The minimum Gasteiger partial charge on any atom is -0.466 e. The highest BCUT2D eigenvalue weighted by atomic mass is 16.5. The third-order valence-electron chi connectivity index (χ3n) is 4.72. The Balaban J connectivity index is 2.02. The molecule has 7 heteroatoms. The van der Waals surface area contributed by atoms with Crippen LogP contribution in [-0.4, -0.2) is 54.5 Å². The fraction of sp³-hybridized carbons (Fsp3) is 0.227. The van der Waals surface area contributed by atoms with Crippen molar-refractivity contribution in [3.05, 3.63) is 65.4 Å². The van der Waals surface area contributed by atoms with E-state index in [1.807, 2.05) is 24.3 Å². The third-order valence-corrected chi connectivity index (χ3v) is 4.72. The van der Waals surface area contributed by atoms with Gasteiger partial charge in [0.1, 0.15) is 5.70 Å². The third kappa shape index (κ3) is 4.20. The molecule has 2 N–H and O–H groups in total. The van der Waals surface area contributed by atoms with Gasteiger partial charge in [-0.3, -0.25) is 9.59 Å². The molecule has 0 unspecified atom stereocenters. The van der Waals surface area contributed by atoms with E-state index >= 15 is 0 Å². The Hall–Kier alpha value is -3.45. The first kappa shape index (κ1) is 20.3. The maximum atomic E-state index is 12.8. The molecule has 0 spiro atoms. The Kier molecular flexibility index (Phi) is 6.09. The SMILES string of the molecule is COC(=O)C1=C(Nc2ccccc2-c2cccc(C(C)=O)c2)C(=O)N(CCO)C1. The molecule has 0 saturated heterocycles. The van der Waals surface area contributed by atoms with Crippen molar-refractivity contribution < 1.29 is 24.2 Å². The summed E-state index contributed by atoms with van der Waals surface area (Å²) in [7, 11) is 1.26. The number of ether oxygens (including phenoxy) is 1. The number of aliphatic hydroxyl groups is 1. The fourth-order valence-corrected chi connectivity index (χ4v) is 3.23. The second-order valence-electron chi connectivity index (χ2n) is 6.60. The van der Waals surface area contributed by atoms with Gasteiger partial charge in [0.2, 0.25) is 0 Å². The largest absolute Gasteiger partial charge is 0.466 e. The molecule has 29 heavy (non-hydrogen) atoms. The molecule has 0 radical (unpaired) electrons. The molecular weight excluding hydrogens is 372 g/mol. The molecule has 0 aliphatic carbocycles. The highest BCUT2D eigenvalue weighted by Gasteiger charge is 2.34. The first-order chi connectivity index (χ1) is 14.0. The summed E-state index contributed by atoms with van der Waals surface area (Å²) in [6.07, 6.45) is 0. The van der Waals surface area contributed by atoms with Crippen LogP contribution in [0.3, 0.4) is 0 Å². The number of hydrogen-bond acceptors (Lipinski definition) is 6. The average Bonchev–Trinajstić information content (AvgIpc) is 3.04. The highest BCUT2D eigenvalue weighted by Crippen LogP contribution is 2.31. The average molecular weight is 394 g/mol. The number of ketones is 1. The van der Waals surface area contributed by atoms with Crippen molar-refractivity contribution in [1.29, 1.82) is 0 Å². The summed E-state index contributed by atoms with van der Waals surface area (Å²) in [6, 6.07) is 14.5. The summed E-state index contributed by atoms with van der Waals surface area (Å²) in [5.41, 5.74) is 3.11. The van der Waals surface area contributed by atoms with Gasteiger partial charge in [0.15, 0.2) is 5.78 Å². The second-order valence-corrected chi connectivity index (χ2v) is 6.60. The van der Waals surface area contributed by atoms with Crippen LogP contribution >= 0.6 is 0 Å². The van der Waals surface area contributed by atoms with Crippen LogP contribution in [0.5, 0.6) is 0 Å². The summed E-state index contributed by atoms with van der Waals surface area (Å²) in [6.45, 7) is 1.48. The van der Waals surface area contributed by atoms with E-state index in [0.29, 0.717) is 11.3 Å². The number of esters is 1. The van der Waals surface area contributed by atoms with E-state index in [-0.39, 0.29) is 42.7 Å². The van der Waals surface area contributed by atoms with Crippen LogP contribution in [0.2, 0.25) is 0 Å². The lowest BCUT2D eigenvalue weighted by molar-refractivity contribution is -0.136. The van der Waals surface area contributed by atoms with Crippen LogP contribution in [0, 0.1) is 0 Å². The quantitative estimate of drug-likeness (QED) is 0.552. The van der Waals surface area contributed by atoms with Gasteiger partial charge in [0.05, 0.1) is 25.8 Å². The first-order valence-electron chi connectivity index (χ1n) is 9.15. The normalized spacial score (nSPS) is 13.6. The zero-order chi connectivity index (χ0) is 21.0. The predicted octanol–water partition coefficient (Wildman–Crippen LogP) is 2.23. The molecule has 0 saturated carbocycles. The maximum absolute atomic E-state index is 12.8. The maximum Gasteiger partial charge on any atom is 0.337 e. The second kappa shape index (κ2) is 8.70. The highest BCUT2D eigenvalue weighted by molar-refractivity contribution is 6.09. The number of nitrogens with one attached hydrogen (secondary N) is 1. The van der Waals surface area contributed by atoms with E-state index in [1.54, 1.807) is 24.3 Å². The number of aliphatic hydroxyl groups excluding tert-OH is 1. The number of Topliss-reactive ketones (excluding diaryl/α,β-unsaturated/α-hetero) is 1. The topological polar surface area (TPSA) is 95.9 Å². The van der Waals surface area contributed by atoms with Crippen LogP contribution in [0.25, 0.3) is 11.1 Å². The molecule has 1 heterocycles. The van der Waals surface area contributed by atoms with Gasteiger partial charge in [0, 0.05) is 23.4 Å². The number of benzene rings is 2. The van der Waals surface area contributed by atoms with Crippen molar-refractivity contribution in [2.45, 2.75) is 6.92 Å². The Morgan fingerprint density at radius 3 is 2.62 bits per heavy atom. The number of amides is 1. The van der Waals surface area contributed by atoms with Crippen molar-refractivity contribution in [3.8, 4) is 11.1 Å². The lowest BCUT2D eigenvalue weighted by atomic mass is 10.00. The van der Waals surface area contributed by atoms with Gasteiger partial charge in [-0.25, -0.2) is 4.79 Å². The molecule has 0 fully saturated rings. The van der Waals surface area contributed by atoms with Gasteiger partial charge in [-0.15, -0.1) is 0 Å². The van der Waals surface area contributed by atoms with E-state index < -0.39 is 5.97 Å². The van der Waals surface area contributed by atoms with E-state index in [2.05, 4.69) is 5.32 Å². The smallest absolute Gasteiger partial charge is 0.337 e. The van der Waals surface area contributed by atoms with Crippen molar-refractivity contribution in [1.82, 2.24) is 4.90 Å². The standard InChI is InChI=1S/C22H22N2O5/c1-14(26)15-6-5-7-16(12-15)17-8-3-4-9-19(17)23-20-18(22(28)29-2)13-24(10-11-25)21(20)27/h3-9,12,23,25H,10-11,13H2,1-2H3. The molecule has 7 nitrogen and oxygen atoms in total. The van der Waals surface area contributed by atoms with Gasteiger partial charge in [-0.1, -0.05) is 36.4 Å². The van der Waals surface area contributed by atoms with E-state index in [1.165, 1.54) is 18.9 Å². The molecule has 0 bridgehead atoms. The zero-order valence-corrected chi connectivity index (χ0v) is 16.3. The number of β-amino-alcohol motifs (C(OH)–C–C–N with tert-alkyl or cyclic N) is 1. The summed E-state index contributed by atoms with van der Waals surface area (Å²) in [5, 5.41) is 12.3. The molecule has 150 valence electrons. The molecule has 3 rings (SSSR count). The molecule has 1 aliphatic heterocycles. The van der Waals surface area contributed by atoms with Gasteiger partial charge in [-0.05, 0) is 24.6 Å². The van der Waals surface area contributed by atoms with E-state index in [4.69, 9.17) is 4.74 Å². The van der Waals surface area contributed by atoms with Crippen LogP contribution < -0.4 is 5.32 Å². The lowest BCUT2D eigenvalue weighted by Crippen LogP contribution is -2.31. The van der Waals surface area contributed by atoms with E-state index in [9.17, 15) is 19.5 Å². The van der Waals surface area contributed by atoms with Gasteiger partial charge in [0.25, 0.3) is 5.91 Å². The number of para-hydroxylation sites is 1. The molecule has 0 atom stereocenters. The predicted molar refractivity (Wildman–Crippen MR) is 108 cm³/mol. The van der Waals surface area contributed by atoms with Gasteiger partial charge < -0.3 is 20.1 Å². The summed E-state index contributed by atoms with van der Waals surface area (Å²) in [5.74, 6) is -1.03. The Labute approximate surface area is 168 Å². The molecule has 1 amide bonds. The number of methoxy groups -OCH3 is 1. The van der Waals surface area contributed by atoms with Gasteiger partial charge >= 0.3 is 5.97 Å². The Morgan fingerprint density at radius 2 is 1.93 bits per heavy atom. The molecule has 2 aromatic rings. The minimum absolute atomic E-state index is 0.0430. The van der Waals surface area contributed by atoms with E-state index in [0.717, 1.165) is 11.1 Å². The van der Waals surface area contributed by atoms with Crippen LogP contribution in [0.15, 0.2) is 59.8 Å². The molecule has 2 aromatic carbocycles. The van der Waals surface area contributed by atoms with Crippen LogP contribution in [0.1, 0.15) is 17.3 Å². The number of anilines is 1. The zero-order valence-electron chi connectivity index (χ0n) is 16.3. The fourth-order valence-electron chi connectivity index (χ4n) is 3.23. The van der Waals surface area contributed by atoms with Crippen LogP contribution in [0.4, 0.5) is 5.69 Å². The number of rotatable bonds is 7. The lowest BCUT2D eigenvalue weighted by Gasteiger charge is -2.16. The first-order valence-corrected chi connectivity index (χ1v) is 9.15. The summed E-state index contributed by atoms with van der Waals surface area (Å²) < 4.78 is 4.82. The molecular formula is C22H22N2O5. The molecule has 1 aliphatic rings. The Bertz CT molecular complexity index is 996. The van der Waals surface area contributed by atoms with Crippen molar-refractivity contribution in [2.24, 2.45) is 0 Å². The number of hydrogen-bond donors (Lipinski definition) is 2. The molecule has 0 aromatic heterocycles. The Morgan fingerprint density at radius 1 is 1.17 bits per heavy atom. The minimum atomic E-state index is -0.600. The monoisotopic (exact) mass is 394 g/mol. The van der Waals surface area contributed by atoms with Gasteiger partial charge in [-0.2, -0.15) is 0 Å². The van der Waals surface area contributed by atoms with Crippen molar-refractivity contribution in [3.63, 3.8) is 0 Å².